The number of nitrogens with one attached hydrogen (secondary N) is 1. The molecule has 0 spiro atoms. The molecule has 0 aromatic heterocycles. The van der Waals surface area contributed by atoms with Gasteiger partial charge in [-0.2, -0.15) is 0 Å². The van der Waals surface area contributed by atoms with Crippen molar-refractivity contribution in [3.63, 3.8) is 0 Å². The Morgan fingerprint density at radius 2 is 2.00 bits per heavy atom. The van der Waals surface area contributed by atoms with E-state index in [0.29, 0.717) is 11.4 Å². The third-order valence-electron chi connectivity index (χ3n) is 3.40. The van der Waals surface area contributed by atoms with Gasteiger partial charge in [-0.15, -0.1) is 0 Å². The lowest BCUT2D eigenvalue weighted by atomic mass is 10.1. The van der Waals surface area contributed by atoms with E-state index >= 15 is 0 Å². The molecule has 0 aliphatic heterocycles. The standard InChI is InChI=1S/C15H26N2O2S/c1-5-7-11-17(4)20(18,19)15-10-8-9-14(12-15)13(3)16-6-2/h8-10,12-13,16H,5-7,11H2,1-4H3. The molecule has 0 aliphatic rings. The van der Waals surface area contributed by atoms with Crippen LogP contribution in [0.4, 0.5) is 0 Å². The van der Waals surface area contributed by atoms with E-state index in [9.17, 15) is 8.42 Å². The SMILES string of the molecule is CCCCN(C)S(=O)(=O)c1cccc(C(C)NCC)c1. The maximum Gasteiger partial charge on any atom is 0.242 e. The van der Waals surface area contributed by atoms with Crippen molar-refractivity contribution in [3.05, 3.63) is 29.8 Å². The van der Waals surface area contributed by atoms with Crippen LogP contribution in [0, 0.1) is 0 Å². The monoisotopic (exact) mass is 298 g/mol. The van der Waals surface area contributed by atoms with Crippen LogP contribution in [-0.4, -0.2) is 32.9 Å². The first kappa shape index (κ1) is 17.1. The van der Waals surface area contributed by atoms with Crippen LogP contribution in [0.3, 0.4) is 0 Å². The molecule has 0 heterocycles. The highest BCUT2D eigenvalue weighted by Crippen LogP contribution is 2.20. The van der Waals surface area contributed by atoms with Crippen LogP contribution in [0.2, 0.25) is 0 Å². The number of benzene rings is 1. The second kappa shape index (κ2) is 7.76. The molecule has 1 aromatic carbocycles. The Bertz CT molecular complexity index is 514. The van der Waals surface area contributed by atoms with Crippen molar-refractivity contribution in [2.75, 3.05) is 20.1 Å². The van der Waals surface area contributed by atoms with Crippen LogP contribution in [0.25, 0.3) is 0 Å². The molecular weight excluding hydrogens is 272 g/mol. The maximum atomic E-state index is 12.5. The molecule has 4 nitrogen and oxygen atoms in total. The van der Waals surface area contributed by atoms with Crippen molar-refractivity contribution in [2.45, 2.75) is 44.6 Å². The van der Waals surface area contributed by atoms with Crippen molar-refractivity contribution in [1.82, 2.24) is 9.62 Å². The average Bonchev–Trinajstić information content (AvgIpc) is 2.45. The zero-order valence-corrected chi connectivity index (χ0v) is 13.7. The number of hydrogen-bond acceptors (Lipinski definition) is 3. The van der Waals surface area contributed by atoms with Crippen LogP contribution < -0.4 is 5.32 Å². The molecule has 20 heavy (non-hydrogen) atoms. The zero-order chi connectivity index (χ0) is 15.2. The van der Waals surface area contributed by atoms with Gasteiger partial charge in [-0.1, -0.05) is 32.4 Å². The molecule has 1 aromatic rings. The summed E-state index contributed by atoms with van der Waals surface area (Å²) in [6.45, 7) is 7.55. The summed E-state index contributed by atoms with van der Waals surface area (Å²) in [7, 11) is -1.73. The van der Waals surface area contributed by atoms with E-state index in [4.69, 9.17) is 0 Å². The Morgan fingerprint density at radius 1 is 1.30 bits per heavy atom. The maximum absolute atomic E-state index is 12.5. The Morgan fingerprint density at radius 3 is 2.60 bits per heavy atom. The van der Waals surface area contributed by atoms with Gasteiger partial charge >= 0.3 is 0 Å². The van der Waals surface area contributed by atoms with Crippen molar-refractivity contribution in [1.29, 1.82) is 0 Å². The Balaban J connectivity index is 2.98. The molecular formula is C15H26N2O2S. The molecule has 0 aliphatic carbocycles. The van der Waals surface area contributed by atoms with Gasteiger partial charge in [-0.3, -0.25) is 0 Å². The van der Waals surface area contributed by atoms with Gasteiger partial charge in [0.25, 0.3) is 0 Å². The summed E-state index contributed by atoms with van der Waals surface area (Å²) < 4.78 is 26.4. The molecule has 114 valence electrons. The van der Waals surface area contributed by atoms with Crippen LogP contribution in [0.1, 0.15) is 45.2 Å². The lowest BCUT2D eigenvalue weighted by Gasteiger charge is -2.18. The second-order valence-corrected chi connectivity index (χ2v) is 7.08. The van der Waals surface area contributed by atoms with Gasteiger partial charge in [0.15, 0.2) is 0 Å². The molecule has 1 N–H and O–H groups in total. The number of nitrogens with zero attached hydrogens (tertiary/aromatic N) is 1. The van der Waals surface area contributed by atoms with Crippen LogP contribution in [-0.2, 0) is 10.0 Å². The molecule has 0 bridgehead atoms. The topological polar surface area (TPSA) is 49.4 Å². The normalized spacial score (nSPS) is 13.7. The van der Waals surface area contributed by atoms with Crippen LogP contribution in [0.15, 0.2) is 29.2 Å². The highest BCUT2D eigenvalue weighted by atomic mass is 32.2. The van der Waals surface area contributed by atoms with E-state index in [1.54, 1.807) is 19.2 Å². The lowest BCUT2D eigenvalue weighted by molar-refractivity contribution is 0.459. The van der Waals surface area contributed by atoms with Crippen molar-refractivity contribution < 1.29 is 8.42 Å². The minimum Gasteiger partial charge on any atom is -0.310 e. The highest BCUT2D eigenvalue weighted by molar-refractivity contribution is 7.89. The first-order chi connectivity index (χ1) is 9.43. The first-order valence-corrected chi connectivity index (χ1v) is 8.67. The molecule has 1 atom stereocenters. The fourth-order valence-electron chi connectivity index (χ4n) is 2.05. The fraction of sp³-hybridized carbons (Fsp3) is 0.600. The van der Waals surface area contributed by atoms with E-state index in [1.807, 2.05) is 26.0 Å². The molecule has 0 saturated carbocycles. The molecule has 0 radical (unpaired) electrons. The minimum absolute atomic E-state index is 0.149. The predicted octanol–water partition coefficient (Wildman–Crippen LogP) is 2.78. The summed E-state index contributed by atoms with van der Waals surface area (Å²) in [5.74, 6) is 0. The zero-order valence-electron chi connectivity index (χ0n) is 12.9. The van der Waals surface area contributed by atoms with E-state index < -0.39 is 10.0 Å². The van der Waals surface area contributed by atoms with Gasteiger partial charge in [0.05, 0.1) is 4.90 Å². The quantitative estimate of drug-likeness (QED) is 0.803. The summed E-state index contributed by atoms with van der Waals surface area (Å²) in [4.78, 5) is 0.373. The molecule has 0 saturated heterocycles. The molecule has 5 heteroatoms. The summed E-state index contributed by atoms with van der Waals surface area (Å²) in [6, 6.07) is 7.35. The van der Waals surface area contributed by atoms with Crippen LogP contribution in [0.5, 0.6) is 0 Å². The van der Waals surface area contributed by atoms with Crippen LogP contribution >= 0.6 is 0 Å². The van der Waals surface area contributed by atoms with Gasteiger partial charge in [-0.25, -0.2) is 12.7 Å². The molecule has 0 amide bonds. The average molecular weight is 298 g/mol. The lowest BCUT2D eigenvalue weighted by Crippen LogP contribution is -2.28. The largest absolute Gasteiger partial charge is 0.310 e. The van der Waals surface area contributed by atoms with E-state index in [1.165, 1.54) is 4.31 Å². The summed E-state index contributed by atoms with van der Waals surface area (Å²) in [6.07, 6.45) is 1.86. The minimum atomic E-state index is -3.38. The molecule has 1 unspecified atom stereocenters. The Labute approximate surface area is 123 Å². The second-order valence-electron chi connectivity index (χ2n) is 5.03. The van der Waals surface area contributed by atoms with Crippen molar-refractivity contribution >= 4 is 10.0 Å². The third kappa shape index (κ3) is 4.30. The van der Waals surface area contributed by atoms with E-state index in [-0.39, 0.29) is 6.04 Å². The number of sulfonamides is 1. The van der Waals surface area contributed by atoms with Gasteiger partial charge in [0.2, 0.25) is 10.0 Å². The third-order valence-corrected chi connectivity index (χ3v) is 5.26. The summed E-state index contributed by atoms with van der Waals surface area (Å²) in [5.41, 5.74) is 0.997. The Hall–Kier alpha value is -0.910. The fourth-order valence-corrected chi connectivity index (χ4v) is 3.31. The number of rotatable bonds is 8. The smallest absolute Gasteiger partial charge is 0.242 e. The van der Waals surface area contributed by atoms with Crippen molar-refractivity contribution in [2.24, 2.45) is 0 Å². The Kier molecular flexibility index (Phi) is 6.65. The number of hydrogen-bond donors (Lipinski definition) is 1. The highest BCUT2D eigenvalue weighted by Gasteiger charge is 2.20. The first-order valence-electron chi connectivity index (χ1n) is 7.23. The predicted molar refractivity (Wildman–Crippen MR) is 83.3 cm³/mol. The van der Waals surface area contributed by atoms with Crippen molar-refractivity contribution in [3.8, 4) is 0 Å². The molecule has 0 fully saturated rings. The molecule has 1 rings (SSSR count). The van der Waals surface area contributed by atoms with Gasteiger partial charge < -0.3 is 5.32 Å². The van der Waals surface area contributed by atoms with E-state index in [0.717, 1.165) is 24.9 Å². The van der Waals surface area contributed by atoms with E-state index in [2.05, 4.69) is 12.2 Å². The number of unbranched alkanes of at least 4 members (excludes halogenated alkanes) is 1. The summed E-state index contributed by atoms with van der Waals surface area (Å²) >= 11 is 0. The van der Waals surface area contributed by atoms with Gasteiger partial charge in [-0.05, 0) is 37.6 Å². The van der Waals surface area contributed by atoms with Gasteiger partial charge in [0.1, 0.15) is 0 Å². The summed E-state index contributed by atoms with van der Waals surface area (Å²) in [5, 5.41) is 3.30. The van der Waals surface area contributed by atoms with Gasteiger partial charge in [0, 0.05) is 19.6 Å².